The third kappa shape index (κ3) is 1.59. The van der Waals surface area contributed by atoms with E-state index in [0.717, 1.165) is 30.6 Å². The molecule has 0 aromatic carbocycles. The second-order valence-corrected chi connectivity index (χ2v) is 9.16. The minimum atomic E-state index is -0.321. The minimum Gasteiger partial charge on any atom is -0.389 e. The minimum absolute atomic E-state index is 0.234. The zero-order chi connectivity index (χ0) is 14.0. The van der Waals surface area contributed by atoms with E-state index in [2.05, 4.69) is 13.8 Å². The van der Waals surface area contributed by atoms with Gasteiger partial charge in [-0.2, -0.15) is 0 Å². The molecule has 20 heavy (non-hydrogen) atoms. The topological polar surface area (TPSA) is 20.2 Å². The molecular formula is C19H32O. The van der Waals surface area contributed by atoms with Crippen LogP contribution in [-0.4, -0.2) is 10.7 Å². The molecule has 1 heteroatoms. The summed E-state index contributed by atoms with van der Waals surface area (Å²) in [6, 6.07) is 0. The van der Waals surface area contributed by atoms with E-state index in [4.69, 9.17) is 0 Å². The summed E-state index contributed by atoms with van der Waals surface area (Å²) in [5, 5.41) is 11.3. The van der Waals surface area contributed by atoms with Gasteiger partial charge in [0, 0.05) is 0 Å². The van der Waals surface area contributed by atoms with Crippen LogP contribution in [0.2, 0.25) is 0 Å². The monoisotopic (exact) mass is 276 g/mol. The molecule has 0 spiro atoms. The fourth-order valence-corrected chi connectivity index (χ4v) is 7.25. The molecule has 1 nitrogen and oxygen atoms in total. The predicted octanol–water partition coefficient (Wildman–Crippen LogP) is 4.92. The number of rotatable bonds is 0. The van der Waals surface area contributed by atoms with Gasteiger partial charge in [-0.3, -0.25) is 0 Å². The first kappa shape index (κ1) is 13.6. The van der Waals surface area contributed by atoms with Gasteiger partial charge in [-0.25, -0.2) is 0 Å². The molecule has 6 atom stereocenters. The Morgan fingerprint density at radius 3 is 2.40 bits per heavy atom. The Kier molecular flexibility index (Phi) is 2.89. The first-order valence-electron chi connectivity index (χ1n) is 9.21. The van der Waals surface area contributed by atoms with Gasteiger partial charge in [-0.05, 0) is 80.0 Å². The van der Waals surface area contributed by atoms with Crippen LogP contribution in [0, 0.1) is 28.6 Å². The zero-order valence-electron chi connectivity index (χ0n) is 13.5. The highest BCUT2D eigenvalue weighted by molar-refractivity contribution is 5.12. The Morgan fingerprint density at radius 1 is 0.750 bits per heavy atom. The van der Waals surface area contributed by atoms with Crippen molar-refractivity contribution in [1.82, 2.24) is 0 Å². The maximum absolute atomic E-state index is 11.3. The molecule has 0 unspecified atom stereocenters. The second-order valence-electron chi connectivity index (χ2n) is 9.16. The second kappa shape index (κ2) is 4.24. The van der Waals surface area contributed by atoms with Crippen LogP contribution < -0.4 is 0 Å². The van der Waals surface area contributed by atoms with Crippen molar-refractivity contribution in [2.75, 3.05) is 0 Å². The van der Waals surface area contributed by atoms with Crippen LogP contribution in [0.3, 0.4) is 0 Å². The smallest absolute Gasteiger partial charge is 0.0703 e. The van der Waals surface area contributed by atoms with Gasteiger partial charge in [0.1, 0.15) is 0 Å². The molecule has 0 amide bonds. The molecule has 0 radical (unpaired) electrons. The lowest BCUT2D eigenvalue weighted by atomic mass is 9.44. The first-order chi connectivity index (χ1) is 9.49. The molecule has 4 aliphatic rings. The van der Waals surface area contributed by atoms with Crippen LogP contribution in [0.5, 0.6) is 0 Å². The van der Waals surface area contributed by atoms with Crippen LogP contribution in [0.1, 0.15) is 84.5 Å². The van der Waals surface area contributed by atoms with Gasteiger partial charge in [-0.15, -0.1) is 0 Å². The Balaban J connectivity index is 1.68. The molecule has 0 aromatic rings. The number of hydrogen-bond donors (Lipinski definition) is 1. The summed E-state index contributed by atoms with van der Waals surface area (Å²) < 4.78 is 0. The number of hydrogen-bond acceptors (Lipinski definition) is 1. The lowest BCUT2D eigenvalue weighted by Crippen LogP contribution is -2.60. The quantitative estimate of drug-likeness (QED) is 0.665. The van der Waals surface area contributed by atoms with Crippen LogP contribution in [0.25, 0.3) is 0 Å². The fourth-order valence-electron chi connectivity index (χ4n) is 7.25. The van der Waals surface area contributed by atoms with Crippen LogP contribution in [0.15, 0.2) is 0 Å². The molecular weight excluding hydrogens is 244 g/mol. The van der Waals surface area contributed by atoms with Crippen LogP contribution in [0.4, 0.5) is 0 Å². The van der Waals surface area contributed by atoms with E-state index >= 15 is 0 Å². The van der Waals surface area contributed by atoms with E-state index in [1.807, 2.05) is 0 Å². The normalized spacial score (nSPS) is 58.6. The third-order valence-electron chi connectivity index (χ3n) is 8.53. The summed E-state index contributed by atoms with van der Waals surface area (Å²) in [4.78, 5) is 0. The Morgan fingerprint density at radius 2 is 1.55 bits per heavy atom. The van der Waals surface area contributed by atoms with Crippen molar-refractivity contribution in [3.63, 3.8) is 0 Å². The van der Waals surface area contributed by atoms with E-state index in [9.17, 15) is 5.11 Å². The van der Waals surface area contributed by atoms with E-state index in [-0.39, 0.29) is 11.0 Å². The largest absolute Gasteiger partial charge is 0.389 e. The SMILES string of the molecule is C[C@@]12CCC[C@H]1[C@@H]1CC[C@@]3(O)CCCC[C@]3(C)[C@H]1CC2. The lowest BCUT2D eigenvalue weighted by Gasteiger charge is -2.63. The van der Waals surface area contributed by atoms with Crippen molar-refractivity contribution in [2.45, 2.75) is 90.1 Å². The van der Waals surface area contributed by atoms with Crippen LogP contribution >= 0.6 is 0 Å². The summed E-state index contributed by atoms with van der Waals surface area (Å²) in [6.07, 6.45) is 14.6. The average Bonchev–Trinajstić information content (AvgIpc) is 2.81. The van der Waals surface area contributed by atoms with E-state index < -0.39 is 0 Å². The van der Waals surface area contributed by atoms with E-state index in [1.165, 1.54) is 57.8 Å². The zero-order valence-corrected chi connectivity index (χ0v) is 13.5. The van der Waals surface area contributed by atoms with Crippen molar-refractivity contribution in [1.29, 1.82) is 0 Å². The summed E-state index contributed by atoms with van der Waals surface area (Å²) in [6.45, 7) is 5.03. The molecule has 1 N–H and O–H groups in total. The highest BCUT2D eigenvalue weighted by Gasteiger charge is 2.61. The predicted molar refractivity (Wildman–Crippen MR) is 82.4 cm³/mol. The summed E-state index contributed by atoms with van der Waals surface area (Å²) in [7, 11) is 0. The standard InChI is InChI=1S/C19H32O/c1-17-9-5-6-15(17)14-7-13-19(20)11-4-3-10-18(19,2)16(14)8-12-17/h14-16,20H,3-13H2,1-2H3/t14-,15-,16-,17-,18+,19-/m0/s1. The summed E-state index contributed by atoms with van der Waals surface area (Å²) >= 11 is 0. The molecule has 0 heterocycles. The molecule has 4 rings (SSSR count). The average molecular weight is 276 g/mol. The molecule has 0 bridgehead atoms. The molecule has 0 aromatic heterocycles. The number of aliphatic hydroxyl groups is 1. The highest BCUT2D eigenvalue weighted by atomic mass is 16.3. The Bertz CT molecular complexity index is 405. The molecule has 0 aliphatic heterocycles. The van der Waals surface area contributed by atoms with Crippen molar-refractivity contribution >= 4 is 0 Å². The van der Waals surface area contributed by atoms with Crippen molar-refractivity contribution in [3.05, 3.63) is 0 Å². The number of fused-ring (bicyclic) bond motifs is 5. The summed E-state index contributed by atoms with van der Waals surface area (Å²) in [5.74, 6) is 2.72. The summed E-state index contributed by atoms with van der Waals surface area (Å²) in [5.41, 5.74) is 0.568. The van der Waals surface area contributed by atoms with Gasteiger partial charge in [0.15, 0.2) is 0 Å². The fraction of sp³-hybridized carbons (Fsp3) is 1.00. The van der Waals surface area contributed by atoms with Gasteiger partial charge in [-0.1, -0.05) is 33.1 Å². The first-order valence-corrected chi connectivity index (χ1v) is 9.21. The molecule has 114 valence electrons. The van der Waals surface area contributed by atoms with E-state index in [1.54, 1.807) is 0 Å². The van der Waals surface area contributed by atoms with Gasteiger partial charge in [0.2, 0.25) is 0 Å². The van der Waals surface area contributed by atoms with Gasteiger partial charge in [0.05, 0.1) is 5.60 Å². The maximum atomic E-state index is 11.3. The van der Waals surface area contributed by atoms with Crippen LogP contribution in [-0.2, 0) is 0 Å². The lowest BCUT2D eigenvalue weighted by molar-refractivity contribution is -0.202. The molecule has 4 fully saturated rings. The van der Waals surface area contributed by atoms with Crippen molar-refractivity contribution < 1.29 is 5.11 Å². The molecule has 0 saturated heterocycles. The van der Waals surface area contributed by atoms with Crippen molar-refractivity contribution in [2.24, 2.45) is 28.6 Å². The highest BCUT2D eigenvalue weighted by Crippen LogP contribution is 2.67. The van der Waals surface area contributed by atoms with Gasteiger partial charge in [0.25, 0.3) is 0 Å². The molecule has 4 aliphatic carbocycles. The maximum Gasteiger partial charge on any atom is 0.0703 e. The third-order valence-corrected chi connectivity index (χ3v) is 8.53. The Hall–Kier alpha value is -0.0400. The Labute approximate surface area is 124 Å². The van der Waals surface area contributed by atoms with Gasteiger partial charge < -0.3 is 5.11 Å². The van der Waals surface area contributed by atoms with E-state index in [0.29, 0.717) is 5.41 Å². The van der Waals surface area contributed by atoms with Gasteiger partial charge >= 0.3 is 0 Å². The van der Waals surface area contributed by atoms with Crippen molar-refractivity contribution in [3.8, 4) is 0 Å². The molecule has 4 saturated carbocycles.